The highest BCUT2D eigenvalue weighted by Crippen LogP contribution is 2.26. The molecule has 2 aromatic carbocycles. The van der Waals surface area contributed by atoms with Gasteiger partial charge in [0.2, 0.25) is 5.88 Å². The molecule has 1 heterocycles. The molecule has 3 nitrogen and oxygen atoms in total. The number of benzene rings is 2. The molecule has 116 valence electrons. The Balaban J connectivity index is 1.82. The first-order valence-electron chi connectivity index (χ1n) is 7.10. The van der Waals surface area contributed by atoms with Crippen molar-refractivity contribution in [1.29, 1.82) is 0 Å². The number of methoxy groups -OCH3 is 1. The van der Waals surface area contributed by atoms with Gasteiger partial charge in [-0.25, -0.2) is 4.98 Å². The molecule has 0 spiro atoms. The van der Waals surface area contributed by atoms with E-state index in [4.69, 9.17) is 16.3 Å². The molecule has 0 amide bonds. The van der Waals surface area contributed by atoms with Gasteiger partial charge in [-0.05, 0) is 17.7 Å². The fourth-order valence-electron chi connectivity index (χ4n) is 2.06. The summed E-state index contributed by atoms with van der Waals surface area (Å²) in [5.74, 6) is 1.34. The summed E-state index contributed by atoms with van der Waals surface area (Å²) in [5, 5.41) is 1.43. The SMILES string of the molecule is COc1cc(-c2ccccc2)nc(SCc2ccc(Cl)cc2)n1. The summed E-state index contributed by atoms with van der Waals surface area (Å²) in [7, 11) is 1.62. The maximum atomic E-state index is 5.91. The summed E-state index contributed by atoms with van der Waals surface area (Å²) >= 11 is 7.48. The highest BCUT2D eigenvalue weighted by atomic mass is 35.5. The molecule has 3 rings (SSSR count). The van der Waals surface area contributed by atoms with Crippen LogP contribution in [0.5, 0.6) is 5.88 Å². The van der Waals surface area contributed by atoms with Crippen LogP contribution in [0.25, 0.3) is 11.3 Å². The Bertz CT molecular complexity index is 779. The molecule has 0 unspecified atom stereocenters. The van der Waals surface area contributed by atoms with Crippen LogP contribution in [0.15, 0.2) is 65.8 Å². The van der Waals surface area contributed by atoms with Gasteiger partial charge in [-0.1, -0.05) is 65.8 Å². The summed E-state index contributed by atoms with van der Waals surface area (Å²) < 4.78 is 5.30. The van der Waals surface area contributed by atoms with Crippen LogP contribution in [-0.2, 0) is 5.75 Å². The number of ether oxygens (including phenoxy) is 1. The summed E-state index contributed by atoms with van der Waals surface area (Å²) in [6.07, 6.45) is 0. The van der Waals surface area contributed by atoms with Crippen LogP contribution in [0.3, 0.4) is 0 Å². The van der Waals surface area contributed by atoms with Crippen molar-refractivity contribution in [2.45, 2.75) is 10.9 Å². The van der Waals surface area contributed by atoms with Crippen LogP contribution in [0.2, 0.25) is 5.02 Å². The molecule has 0 saturated heterocycles. The largest absolute Gasteiger partial charge is 0.481 e. The lowest BCUT2D eigenvalue weighted by molar-refractivity contribution is 0.392. The molecule has 0 aliphatic rings. The van der Waals surface area contributed by atoms with E-state index in [1.807, 2.05) is 60.7 Å². The molecule has 0 aliphatic heterocycles. The fraction of sp³-hybridized carbons (Fsp3) is 0.111. The molecule has 1 aromatic heterocycles. The van der Waals surface area contributed by atoms with E-state index >= 15 is 0 Å². The van der Waals surface area contributed by atoms with Gasteiger partial charge in [-0.2, -0.15) is 4.98 Å². The Labute approximate surface area is 144 Å². The highest BCUT2D eigenvalue weighted by molar-refractivity contribution is 7.98. The number of hydrogen-bond acceptors (Lipinski definition) is 4. The average Bonchev–Trinajstić information content (AvgIpc) is 2.61. The highest BCUT2D eigenvalue weighted by Gasteiger charge is 2.08. The molecule has 0 bridgehead atoms. The zero-order valence-corrected chi connectivity index (χ0v) is 14.1. The van der Waals surface area contributed by atoms with Crippen molar-refractivity contribution in [2.75, 3.05) is 7.11 Å². The average molecular weight is 343 g/mol. The van der Waals surface area contributed by atoms with Gasteiger partial charge in [0.05, 0.1) is 12.8 Å². The van der Waals surface area contributed by atoms with Crippen LogP contribution in [-0.4, -0.2) is 17.1 Å². The number of halogens is 1. The van der Waals surface area contributed by atoms with E-state index in [0.717, 1.165) is 22.0 Å². The third-order valence-corrected chi connectivity index (χ3v) is 4.41. The van der Waals surface area contributed by atoms with Gasteiger partial charge in [-0.3, -0.25) is 0 Å². The van der Waals surface area contributed by atoms with E-state index in [2.05, 4.69) is 9.97 Å². The van der Waals surface area contributed by atoms with E-state index in [-0.39, 0.29) is 0 Å². The van der Waals surface area contributed by atoms with Crippen molar-refractivity contribution in [1.82, 2.24) is 9.97 Å². The Hall–Kier alpha value is -2.04. The van der Waals surface area contributed by atoms with E-state index < -0.39 is 0 Å². The van der Waals surface area contributed by atoms with Crippen molar-refractivity contribution in [3.63, 3.8) is 0 Å². The molecular formula is C18H15ClN2OS. The van der Waals surface area contributed by atoms with Gasteiger partial charge < -0.3 is 4.74 Å². The van der Waals surface area contributed by atoms with Gasteiger partial charge in [0.25, 0.3) is 0 Å². The van der Waals surface area contributed by atoms with E-state index in [0.29, 0.717) is 11.0 Å². The first-order chi connectivity index (χ1) is 11.2. The van der Waals surface area contributed by atoms with Crippen molar-refractivity contribution < 1.29 is 4.74 Å². The summed E-state index contributed by atoms with van der Waals surface area (Å²) in [5.41, 5.74) is 3.07. The molecule has 0 fully saturated rings. The molecule has 0 saturated carbocycles. The quantitative estimate of drug-likeness (QED) is 0.477. The second kappa shape index (κ2) is 7.49. The van der Waals surface area contributed by atoms with Crippen LogP contribution >= 0.6 is 23.4 Å². The molecule has 5 heteroatoms. The molecule has 0 atom stereocenters. The first-order valence-corrected chi connectivity index (χ1v) is 8.47. The lowest BCUT2D eigenvalue weighted by atomic mass is 10.1. The number of hydrogen-bond donors (Lipinski definition) is 0. The molecular weight excluding hydrogens is 328 g/mol. The van der Waals surface area contributed by atoms with Gasteiger partial charge in [0, 0.05) is 22.4 Å². The van der Waals surface area contributed by atoms with Crippen LogP contribution < -0.4 is 4.74 Å². The minimum absolute atomic E-state index is 0.567. The predicted molar refractivity (Wildman–Crippen MR) is 95.0 cm³/mol. The second-order valence-corrected chi connectivity index (χ2v) is 6.24. The smallest absolute Gasteiger partial charge is 0.217 e. The minimum Gasteiger partial charge on any atom is -0.481 e. The zero-order valence-electron chi connectivity index (χ0n) is 12.6. The molecule has 23 heavy (non-hydrogen) atoms. The number of aromatic nitrogens is 2. The standard InChI is InChI=1S/C18H15ClN2OS/c1-22-17-11-16(14-5-3-2-4-6-14)20-18(21-17)23-12-13-7-9-15(19)10-8-13/h2-11H,12H2,1H3. The van der Waals surface area contributed by atoms with Crippen molar-refractivity contribution in [3.8, 4) is 17.1 Å². The third-order valence-electron chi connectivity index (χ3n) is 3.24. The maximum Gasteiger partial charge on any atom is 0.217 e. The van der Waals surface area contributed by atoms with E-state index in [1.165, 1.54) is 5.56 Å². The fourth-order valence-corrected chi connectivity index (χ4v) is 2.99. The first kappa shape index (κ1) is 15.8. The van der Waals surface area contributed by atoms with Crippen LogP contribution in [0.1, 0.15) is 5.56 Å². The lowest BCUT2D eigenvalue weighted by Crippen LogP contribution is -1.95. The van der Waals surface area contributed by atoms with E-state index in [1.54, 1.807) is 18.9 Å². The van der Waals surface area contributed by atoms with Crippen molar-refractivity contribution in [3.05, 3.63) is 71.2 Å². The Kier molecular flexibility index (Phi) is 5.16. The number of rotatable bonds is 5. The van der Waals surface area contributed by atoms with Gasteiger partial charge in [0.15, 0.2) is 5.16 Å². The normalized spacial score (nSPS) is 10.5. The topological polar surface area (TPSA) is 35.0 Å². The molecule has 0 radical (unpaired) electrons. The van der Waals surface area contributed by atoms with Crippen molar-refractivity contribution in [2.24, 2.45) is 0 Å². The predicted octanol–water partition coefficient (Wildman–Crippen LogP) is 5.10. The Morgan fingerprint density at radius 1 is 1.00 bits per heavy atom. The third kappa shape index (κ3) is 4.24. The van der Waals surface area contributed by atoms with Gasteiger partial charge in [0.1, 0.15) is 0 Å². The molecule has 3 aromatic rings. The van der Waals surface area contributed by atoms with E-state index in [9.17, 15) is 0 Å². The Morgan fingerprint density at radius 3 is 2.43 bits per heavy atom. The van der Waals surface area contributed by atoms with Crippen molar-refractivity contribution >= 4 is 23.4 Å². The second-order valence-electron chi connectivity index (χ2n) is 4.86. The summed E-state index contributed by atoms with van der Waals surface area (Å²) in [4.78, 5) is 9.04. The zero-order chi connectivity index (χ0) is 16.1. The summed E-state index contributed by atoms with van der Waals surface area (Å²) in [6, 6.07) is 19.7. The summed E-state index contributed by atoms with van der Waals surface area (Å²) in [6.45, 7) is 0. The molecule has 0 aliphatic carbocycles. The number of thioether (sulfide) groups is 1. The van der Waals surface area contributed by atoms with Gasteiger partial charge >= 0.3 is 0 Å². The van der Waals surface area contributed by atoms with Gasteiger partial charge in [-0.15, -0.1) is 0 Å². The minimum atomic E-state index is 0.567. The van der Waals surface area contributed by atoms with Crippen LogP contribution in [0.4, 0.5) is 0 Å². The monoisotopic (exact) mass is 342 g/mol. The molecule has 0 N–H and O–H groups in total. The van der Waals surface area contributed by atoms with Crippen LogP contribution in [0, 0.1) is 0 Å². The lowest BCUT2D eigenvalue weighted by Gasteiger charge is -2.07. The Morgan fingerprint density at radius 2 is 1.74 bits per heavy atom. The maximum absolute atomic E-state index is 5.91. The number of nitrogens with zero attached hydrogens (tertiary/aromatic N) is 2.